The van der Waals surface area contributed by atoms with E-state index in [1.807, 2.05) is 35.8 Å². The van der Waals surface area contributed by atoms with Crippen molar-refractivity contribution in [3.63, 3.8) is 0 Å². The Kier molecular flexibility index (Phi) is 4.52. The highest BCUT2D eigenvalue weighted by Crippen LogP contribution is 2.26. The number of aryl methyl sites for hydroxylation is 1. The molecule has 1 heterocycles. The van der Waals surface area contributed by atoms with E-state index in [9.17, 15) is 15.0 Å². The average molecular weight is 341 g/mol. The molecule has 24 heavy (non-hydrogen) atoms. The van der Waals surface area contributed by atoms with E-state index in [1.165, 1.54) is 30.0 Å². The summed E-state index contributed by atoms with van der Waals surface area (Å²) in [5, 5.41) is 27.3. The summed E-state index contributed by atoms with van der Waals surface area (Å²) in [6, 6.07) is 11.9. The van der Waals surface area contributed by atoms with E-state index >= 15 is 0 Å². The van der Waals surface area contributed by atoms with Crippen LogP contribution in [0.1, 0.15) is 15.9 Å². The smallest absolute Gasteiger partial charge is 0.196 e. The highest BCUT2D eigenvalue weighted by Gasteiger charge is 2.13. The maximum Gasteiger partial charge on any atom is 0.196 e. The number of phenolic OH excluding ortho intramolecular Hbond substituents is 2. The minimum Gasteiger partial charge on any atom is -0.504 e. The van der Waals surface area contributed by atoms with E-state index < -0.39 is 0 Å². The Bertz CT molecular complexity index is 875. The molecular weight excluding hydrogens is 326 g/mol. The summed E-state index contributed by atoms with van der Waals surface area (Å²) in [6.45, 7) is 2.01. The highest BCUT2D eigenvalue weighted by atomic mass is 32.2. The Labute approximate surface area is 142 Å². The Morgan fingerprint density at radius 2 is 1.88 bits per heavy atom. The molecule has 3 rings (SSSR count). The third-order valence-corrected chi connectivity index (χ3v) is 4.40. The van der Waals surface area contributed by atoms with Crippen molar-refractivity contribution in [2.75, 3.05) is 5.75 Å². The maximum absolute atomic E-state index is 12.2. The predicted molar refractivity (Wildman–Crippen MR) is 90.9 cm³/mol. The molecule has 0 aliphatic rings. The van der Waals surface area contributed by atoms with Crippen LogP contribution in [0.15, 0.2) is 53.9 Å². The lowest BCUT2D eigenvalue weighted by Gasteiger charge is -2.07. The molecule has 0 amide bonds. The number of hydrogen-bond acceptors (Lipinski definition) is 6. The largest absolute Gasteiger partial charge is 0.504 e. The number of rotatable bonds is 5. The Morgan fingerprint density at radius 1 is 1.12 bits per heavy atom. The normalized spacial score (nSPS) is 10.7. The van der Waals surface area contributed by atoms with Crippen LogP contribution in [0.2, 0.25) is 0 Å². The molecule has 122 valence electrons. The second-order valence-electron chi connectivity index (χ2n) is 5.23. The number of ketones is 1. The summed E-state index contributed by atoms with van der Waals surface area (Å²) in [6.07, 6.45) is 1.60. The second kappa shape index (κ2) is 6.76. The molecule has 2 aromatic carbocycles. The summed E-state index contributed by atoms with van der Waals surface area (Å²) in [5.74, 6) is -0.588. The van der Waals surface area contributed by atoms with E-state index in [1.54, 1.807) is 6.33 Å². The monoisotopic (exact) mass is 341 g/mol. The quantitative estimate of drug-likeness (QED) is 0.421. The number of carbonyl (C=O) groups is 1. The molecule has 0 aliphatic carbocycles. The number of phenols is 2. The average Bonchev–Trinajstić information content (AvgIpc) is 3.04. The molecular formula is C17H15N3O3S. The van der Waals surface area contributed by atoms with Gasteiger partial charge in [-0.2, -0.15) is 0 Å². The van der Waals surface area contributed by atoms with E-state index in [-0.39, 0.29) is 23.0 Å². The van der Waals surface area contributed by atoms with Gasteiger partial charge in [0.1, 0.15) is 6.33 Å². The fourth-order valence-electron chi connectivity index (χ4n) is 2.12. The summed E-state index contributed by atoms with van der Waals surface area (Å²) in [7, 11) is 0. The van der Waals surface area contributed by atoms with Crippen molar-refractivity contribution in [2.45, 2.75) is 12.1 Å². The molecule has 0 saturated carbocycles. The standard InChI is InChI=1S/C17H15N3O3S/c1-11-2-5-13(6-3-11)20-10-18-19-17(20)24-9-16(23)12-4-7-14(21)15(22)8-12/h2-8,10,21-22H,9H2,1H3. The number of hydrogen-bond donors (Lipinski definition) is 2. The third kappa shape index (κ3) is 3.41. The van der Waals surface area contributed by atoms with Crippen LogP contribution in [0.25, 0.3) is 5.69 Å². The van der Waals surface area contributed by atoms with Crippen LogP contribution in [-0.4, -0.2) is 36.5 Å². The Morgan fingerprint density at radius 3 is 2.58 bits per heavy atom. The first-order valence-electron chi connectivity index (χ1n) is 7.19. The van der Waals surface area contributed by atoms with Crippen LogP contribution >= 0.6 is 11.8 Å². The summed E-state index contributed by atoms with van der Waals surface area (Å²) in [5.41, 5.74) is 2.41. The van der Waals surface area contributed by atoms with Crippen LogP contribution < -0.4 is 0 Å². The van der Waals surface area contributed by atoms with Gasteiger partial charge in [0, 0.05) is 11.3 Å². The number of Topliss-reactive ketones (excluding diaryl/α,β-unsaturated/α-hetero) is 1. The van der Waals surface area contributed by atoms with Gasteiger partial charge in [-0.1, -0.05) is 29.5 Å². The summed E-state index contributed by atoms with van der Waals surface area (Å²) >= 11 is 1.26. The maximum atomic E-state index is 12.2. The number of aromatic nitrogens is 3. The molecule has 1 aromatic heterocycles. The molecule has 0 spiro atoms. The second-order valence-corrected chi connectivity index (χ2v) is 6.18. The molecule has 2 N–H and O–H groups in total. The van der Waals surface area contributed by atoms with Gasteiger partial charge in [-0.25, -0.2) is 0 Å². The van der Waals surface area contributed by atoms with Gasteiger partial charge in [0.15, 0.2) is 22.4 Å². The fraction of sp³-hybridized carbons (Fsp3) is 0.118. The van der Waals surface area contributed by atoms with Gasteiger partial charge in [-0.3, -0.25) is 9.36 Å². The van der Waals surface area contributed by atoms with Gasteiger partial charge in [0.05, 0.1) is 5.75 Å². The van der Waals surface area contributed by atoms with Gasteiger partial charge < -0.3 is 10.2 Å². The van der Waals surface area contributed by atoms with Crippen molar-refractivity contribution in [3.8, 4) is 17.2 Å². The predicted octanol–water partition coefficient (Wildman–Crippen LogP) is 2.96. The number of carbonyl (C=O) groups excluding carboxylic acids is 1. The lowest BCUT2D eigenvalue weighted by Crippen LogP contribution is -2.04. The first-order chi connectivity index (χ1) is 11.5. The van der Waals surface area contributed by atoms with Crippen molar-refractivity contribution >= 4 is 17.5 Å². The van der Waals surface area contributed by atoms with E-state index in [0.29, 0.717) is 10.7 Å². The third-order valence-electron chi connectivity index (χ3n) is 3.46. The van der Waals surface area contributed by atoms with Gasteiger partial charge in [0.25, 0.3) is 0 Å². The van der Waals surface area contributed by atoms with Crippen molar-refractivity contribution in [1.29, 1.82) is 0 Å². The topological polar surface area (TPSA) is 88.2 Å². The molecule has 3 aromatic rings. The molecule has 0 aliphatic heterocycles. The Hall–Kier alpha value is -2.80. The minimum atomic E-state index is -0.311. The van der Waals surface area contributed by atoms with Gasteiger partial charge >= 0.3 is 0 Å². The number of aromatic hydroxyl groups is 2. The number of benzene rings is 2. The zero-order valence-electron chi connectivity index (χ0n) is 12.9. The molecule has 0 atom stereocenters. The zero-order chi connectivity index (χ0) is 17.1. The lowest BCUT2D eigenvalue weighted by atomic mass is 10.1. The summed E-state index contributed by atoms with van der Waals surface area (Å²) in [4.78, 5) is 12.2. The molecule has 0 fully saturated rings. The zero-order valence-corrected chi connectivity index (χ0v) is 13.7. The van der Waals surface area contributed by atoms with Crippen LogP contribution in [0.4, 0.5) is 0 Å². The molecule has 0 unspecified atom stereocenters. The SMILES string of the molecule is Cc1ccc(-n2cnnc2SCC(=O)c2ccc(O)c(O)c2)cc1. The first-order valence-corrected chi connectivity index (χ1v) is 8.18. The lowest BCUT2D eigenvalue weighted by molar-refractivity contribution is 0.102. The fourth-order valence-corrected chi connectivity index (χ4v) is 2.94. The van der Waals surface area contributed by atoms with Crippen molar-refractivity contribution in [2.24, 2.45) is 0 Å². The van der Waals surface area contributed by atoms with Crippen LogP contribution in [-0.2, 0) is 0 Å². The van der Waals surface area contributed by atoms with E-state index in [2.05, 4.69) is 10.2 Å². The van der Waals surface area contributed by atoms with Gasteiger partial charge in [0.2, 0.25) is 0 Å². The van der Waals surface area contributed by atoms with Crippen LogP contribution in [0.3, 0.4) is 0 Å². The first kappa shape index (κ1) is 16.1. The molecule has 0 radical (unpaired) electrons. The van der Waals surface area contributed by atoms with E-state index in [0.717, 1.165) is 11.3 Å². The molecule has 0 bridgehead atoms. The van der Waals surface area contributed by atoms with Gasteiger partial charge in [-0.05, 0) is 37.3 Å². The minimum absolute atomic E-state index is 0.148. The van der Waals surface area contributed by atoms with Crippen molar-refractivity contribution in [3.05, 3.63) is 59.9 Å². The highest BCUT2D eigenvalue weighted by molar-refractivity contribution is 7.99. The molecule has 6 nitrogen and oxygen atoms in total. The number of thioether (sulfide) groups is 1. The van der Waals surface area contributed by atoms with E-state index in [4.69, 9.17) is 0 Å². The van der Waals surface area contributed by atoms with Crippen LogP contribution in [0.5, 0.6) is 11.5 Å². The molecule has 0 saturated heterocycles. The summed E-state index contributed by atoms with van der Waals surface area (Å²) < 4.78 is 1.81. The van der Waals surface area contributed by atoms with Crippen molar-refractivity contribution in [1.82, 2.24) is 14.8 Å². The number of nitrogens with zero attached hydrogens (tertiary/aromatic N) is 3. The van der Waals surface area contributed by atoms with Crippen molar-refractivity contribution < 1.29 is 15.0 Å². The van der Waals surface area contributed by atoms with Crippen LogP contribution in [0, 0.1) is 6.92 Å². The molecule has 7 heteroatoms. The Balaban J connectivity index is 1.73. The van der Waals surface area contributed by atoms with Gasteiger partial charge in [-0.15, -0.1) is 10.2 Å².